The topological polar surface area (TPSA) is 129 Å². The van der Waals surface area contributed by atoms with Crippen molar-refractivity contribution < 1.29 is 0 Å². The Morgan fingerprint density at radius 3 is 1.76 bits per heavy atom. The molecule has 0 saturated carbocycles. The molecule has 238 valence electrons. The third kappa shape index (κ3) is 6.45. The lowest BCUT2D eigenvalue weighted by molar-refractivity contribution is 0.531. The fourth-order valence-corrected chi connectivity index (χ4v) is 5.88. The number of nitrogens with one attached hydrogen (secondary N) is 1. The molecule has 0 aliphatic rings. The van der Waals surface area contributed by atoms with Gasteiger partial charge in [-0.05, 0) is 36.8 Å². The fraction of sp³-hybridized carbons (Fsp3) is 0.429. The molecule has 0 amide bonds. The van der Waals surface area contributed by atoms with Gasteiger partial charge in [0.1, 0.15) is 11.0 Å². The number of anilines is 4. The number of para-hydroxylation sites is 2. The summed E-state index contributed by atoms with van der Waals surface area (Å²) in [5.41, 5.74) is 18.0. The standard InChI is InChI=1S/C18H25N5.C17H23N5/c1-5-10-22(4)18-21-15-16(23(18)11-12(2)3)13-8-6-7-9-14(13)20-17(15)19;1-4-9-19-17-21-14-15(22(17)10-11(2)3)12-7-5-6-8-13(12)20-16(14)18/h6-9,12H,5,10-11H2,1-4H3,(H2,19,20);5-8,11H,4,9-10H2,1-3H3,(H2,18,20)(H,19,21). The van der Waals surface area contributed by atoms with Crippen LogP contribution in [0, 0.1) is 11.8 Å². The van der Waals surface area contributed by atoms with Gasteiger partial charge in [-0.2, -0.15) is 0 Å². The molecule has 0 aliphatic carbocycles. The highest BCUT2D eigenvalue weighted by molar-refractivity contribution is 6.08. The van der Waals surface area contributed by atoms with Crippen LogP contribution in [0.4, 0.5) is 23.5 Å². The van der Waals surface area contributed by atoms with Crippen LogP contribution in [-0.2, 0) is 13.1 Å². The maximum absolute atomic E-state index is 6.20. The fourth-order valence-electron chi connectivity index (χ4n) is 5.88. The van der Waals surface area contributed by atoms with E-state index in [-0.39, 0.29) is 0 Å². The van der Waals surface area contributed by atoms with E-state index >= 15 is 0 Å². The molecule has 0 aliphatic heterocycles. The summed E-state index contributed by atoms with van der Waals surface area (Å²) < 4.78 is 4.55. The molecule has 10 heteroatoms. The molecule has 6 aromatic rings. The van der Waals surface area contributed by atoms with E-state index in [1.54, 1.807) is 0 Å². The Morgan fingerprint density at radius 2 is 1.22 bits per heavy atom. The molecule has 0 unspecified atom stereocenters. The van der Waals surface area contributed by atoms with Crippen LogP contribution in [0.2, 0.25) is 0 Å². The number of fused-ring (bicyclic) bond motifs is 6. The number of rotatable bonds is 10. The average molecular weight is 609 g/mol. The van der Waals surface area contributed by atoms with Crippen LogP contribution in [0.5, 0.6) is 0 Å². The van der Waals surface area contributed by atoms with Gasteiger partial charge in [0.05, 0.1) is 22.1 Å². The second-order valence-electron chi connectivity index (χ2n) is 12.6. The second-order valence-corrected chi connectivity index (χ2v) is 12.6. The summed E-state index contributed by atoms with van der Waals surface area (Å²) in [7, 11) is 2.09. The van der Waals surface area contributed by atoms with E-state index in [4.69, 9.17) is 21.4 Å². The van der Waals surface area contributed by atoms with Crippen LogP contribution < -0.4 is 21.7 Å². The van der Waals surface area contributed by atoms with E-state index in [0.29, 0.717) is 23.5 Å². The van der Waals surface area contributed by atoms with E-state index in [2.05, 4.69) is 90.0 Å². The Hall–Kier alpha value is -4.60. The minimum atomic E-state index is 0.496. The van der Waals surface area contributed by atoms with Gasteiger partial charge in [-0.1, -0.05) is 77.9 Å². The van der Waals surface area contributed by atoms with Crippen molar-refractivity contribution in [1.82, 2.24) is 29.1 Å². The smallest absolute Gasteiger partial charge is 0.206 e. The van der Waals surface area contributed by atoms with Crippen LogP contribution in [0.25, 0.3) is 43.9 Å². The number of nitrogens with zero attached hydrogens (tertiary/aromatic N) is 7. The number of aromatic nitrogens is 6. The first-order valence-electron chi connectivity index (χ1n) is 16.2. The molecular formula is C35H48N10. The van der Waals surface area contributed by atoms with Gasteiger partial charge in [0.25, 0.3) is 0 Å². The van der Waals surface area contributed by atoms with Crippen molar-refractivity contribution in [2.45, 2.75) is 67.5 Å². The Balaban J connectivity index is 0.000000178. The molecule has 10 nitrogen and oxygen atoms in total. The Labute approximate surface area is 265 Å². The molecule has 45 heavy (non-hydrogen) atoms. The summed E-state index contributed by atoms with van der Waals surface area (Å²) in [5.74, 6) is 3.90. The number of imidazole rings is 2. The predicted molar refractivity (Wildman–Crippen MR) is 191 cm³/mol. The van der Waals surface area contributed by atoms with Crippen molar-refractivity contribution in [3.8, 4) is 0 Å². The van der Waals surface area contributed by atoms with Crippen LogP contribution in [0.3, 0.4) is 0 Å². The lowest BCUT2D eigenvalue weighted by atomic mass is 10.1. The highest BCUT2D eigenvalue weighted by Crippen LogP contribution is 2.33. The first kappa shape index (κ1) is 31.8. The van der Waals surface area contributed by atoms with Gasteiger partial charge < -0.3 is 30.8 Å². The van der Waals surface area contributed by atoms with Gasteiger partial charge in [-0.15, -0.1) is 0 Å². The molecule has 0 fully saturated rings. The molecule has 6 rings (SSSR count). The molecule has 2 aromatic carbocycles. The summed E-state index contributed by atoms with van der Waals surface area (Å²) in [4.78, 5) is 20.8. The number of pyridine rings is 2. The first-order valence-corrected chi connectivity index (χ1v) is 16.2. The number of hydrogen-bond donors (Lipinski definition) is 3. The maximum Gasteiger partial charge on any atom is 0.206 e. The maximum atomic E-state index is 6.20. The SMILES string of the molecule is CCCN(C)c1nc2c(N)nc3ccccc3c2n1CC(C)C.CCCNc1nc2c(N)nc3ccccc3c2n1CC(C)C. The zero-order chi connectivity index (χ0) is 32.2. The Morgan fingerprint density at radius 1 is 0.711 bits per heavy atom. The summed E-state index contributed by atoms with van der Waals surface area (Å²) in [6, 6.07) is 16.3. The van der Waals surface area contributed by atoms with Crippen molar-refractivity contribution in [2.75, 3.05) is 41.8 Å². The number of nitrogen functional groups attached to an aromatic ring is 2. The van der Waals surface area contributed by atoms with E-state index in [1.165, 1.54) is 0 Å². The van der Waals surface area contributed by atoms with Gasteiger partial charge in [-0.25, -0.2) is 19.9 Å². The average Bonchev–Trinajstić information content (AvgIpc) is 3.56. The quantitative estimate of drug-likeness (QED) is 0.148. The first-order chi connectivity index (χ1) is 21.6. The summed E-state index contributed by atoms with van der Waals surface area (Å²) in [6.45, 7) is 16.9. The van der Waals surface area contributed by atoms with Gasteiger partial charge in [0.15, 0.2) is 11.6 Å². The van der Waals surface area contributed by atoms with E-state index < -0.39 is 0 Å². The molecule has 4 aromatic heterocycles. The van der Waals surface area contributed by atoms with Crippen LogP contribution >= 0.6 is 0 Å². The molecule has 0 radical (unpaired) electrons. The number of hydrogen-bond acceptors (Lipinski definition) is 8. The third-order valence-corrected chi connectivity index (χ3v) is 7.73. The monoisotopic (exact) mass is 608 g/mol. The summed E-state index contributed by atoms with van der Waals surface area (Å²) in [5, 5.41) is 5.63. The number of benzene rings is 2. The van der Waals surface area contributed by atoms with Crippen molar-refractivity contribution in [1.29, 1.82) is 0 Å². The Bertz CT molecular complexity index is 1920. The minimum Gasteiger partial charge on any atom is -0.382 e. The van der Waals surface area contributed by atoms with Crippen molar-refractivity contribution in [2.24, 2.45) is 11.8 Å². The zero-order valence-corrected chi connectivity index (χ0v) is 27.8. The minimum absolute atomic E-state index is 0.496. The van der Waals surface area contributed by atoms with Crippen LogP contribution in [-0.4, -0.2) is 49.2 Å². The molecular weight excluding hydrogens is 560 g/mol. The molecule has 5 N–H and O–H groups in total. The van der Waals surface area contributed by atoms with Gasteiger partial charge in [-0.3, -0.25) is 0 Å². The van der Waals surface area contributed by atoms with Crippen LogP contribution in [0.15, 0.2) is 48.5 Å². The predicted octanol–water partition coefficient (Wildman–Crippen LogP) is 7.31. The van der Waals surface area contributed by atoms with E-state index in [0.717, 1.165) is 94.8 Å². The van der Waals surface area contributed by atoms with Gasteiger partial charge >= 0.3 is 0 Å². The van der Waals surface area contributed by atoms with Crippen molar-refractivity contribution in [3.05, 3.63) is 48.5 Å². The summed E-state index contributed by atoms with van der Waals surface area (Å²) >= 11 is 0. The molecule has 0 saturated heterocycles. The highest BCUT2D eigenvalue weighted by atomic mass is 15.3. The normalized spacial score (nSPS) is 11.7. The van der Waals surface area contributed by atoms with Gasteiger partial charge in [0, 0.05) is 44.0 Å². The number of nitrogens with two attached hydrogens (primary N) is 2. The molecule has 0 spiro atoms. The van der Waals surface area contributed by atoms with Crippen LogP contribution in [0.1, 0.15) is 54.4 Å². The van der Waals surface area contributed by atoms with E-state index in [1.807, 2.05) is 36.4 Å². The van der Waals surface area contributed by atoms with Crippen molar-refractivity contribution >= 4 is 67.4 Å². The zero-order valence-electron chi connectivity index (χ0n) is 27.8. The molecule has 0 atom stereocenters. The lowest BCUT2D eigenvalue weighted by Crippen LogP contribution is -2.23. The third-order valence-electron chi connectivity index (χ3n) is 7.73. The molecule has 4 heterocycles. The van der Waals surface area contributed by atoms with Crippen molar-refractivity contribution in [3.63, 3.8) is 0 Å². The summed E-state index contributed by atoms with van der Waals surface area (Å²) in [6.07, 6.45) is 2.13. The lowest BCUT2D eigenvalue weighted by Gasteiger charge is -2.20. The van der Waals surface area contributed by atoms with Gasteiger partial charge in [0.2, 0.25) is 11.9 Å². The second kappa shape index (κ2) is 13.6. The Kier molecular flexibility index (Phi) is 9.60. The van der Waals surface area contributed by atoms with E-state index in [9.17, 15) is 0 Å². The molecule has 0 bridgehead atoms. The highest BCUT2D eigenvalue weighted by Gasteiger charge is 2.20. The largest absolute Gasteiger partial charge is 0.382 e.